The molecule has 1 fully saturated rings. The van der Waals surface area contributed by atoms with Crippen molar-refractivity contribution in [2.75, 3.05) is 13.1 Å². The summed E-state index contributed by atoms with van der Waals surface area (Å²) in [5.41, 5.74) is 0. The Morgan fingerprint density at radius 1 is 1.30 bits per heavy atom. The van der Waals surface area contributed by atoms with Crippen LogP contribution in [0.1, 0.15) is 20.8 Å². The van der Waals surface area contributed by atoms with E-state index in [2.05, 4.69) is 17.6 Å². The summed E-state index contributed by atoms with van der Waals surface area (Å²) in [6.07, 6.45) is 0. The highest BCUT2D eigenvalue weighted by Crippen LogP contribution is 1.92. The van der Waals surface area contributed by atoms with Gasteiger partial charge in [0.25, 0.3) is 0 Å². The van der Waals surface area contributed by atoms with E-state index in [0.29, 0.717) is 5.92 Å². The molecule has 0 unspecified atom stereocenters. The molecule has 1 saturated heterocycles. The van der Waals surface area contributed by atoms with Crippen LogP contribution in [0.3, 0.4) is 0 Å². The van der Waals surface area contributed by atoms with E-state index in [4.69, 9.17) is 0 Å². The summed E-state index contributed by atoms with van der Waals surface area (Å²) in [4.78, 5) is 10.4. The predicted octanol–water partition coefficient (Wildman–Crippen LogP) is 0.961. The summed E-state index contributed by atoms with van der Waals surface area (Å²) in [6.45, 7) is 7.71. The molecule has 0 spiro atoms. The standard InChI is InChI=1S/C5H10N2O.C2H6/c1-4-2-6-5(8)7-3-4;1-2/h4H,2-3H2,1H3,(H2,6,7,8);1-2H3. The van der Waals surface area contributed by atoms with Crippen molar-refractivity contribution >= 4 is 6.03 Å². The number of nitrogens with one attached hydrogen (secondary N) is 2. The summed E-state index contributed by atoms with van der Waals surface area (Å²) < 4.78 is 0. The van der Waals surface area contributed by atoms with Gasteiger partial charge in [-0.05, 0) is 5.92 Å². The molecular weight excluding hydrogens is 128 g/mol. The molecule has 10 heavy (non-hydrogen) atoms. The van der Waals surface area contributed by atoms with Crippen LogP contribution in [-0.2, 0) is 0 Å². The SMILES string of the molecule is CC.CC1CNC(=O)NC1. The summed E-state index contributed by atoms with van der Waals surface area (Å²) in [5, 5.41) is 5.36. The molecule has 2 amide bonds. The van der Waals surface area contributed by atoms with Crippen LogP contribution in [0.15, 0.2) is 0 Å². The van der Waals surface area contributed by atoms with Gasteiger partial charge in [0.1, 0.15) is 0 Å². The van der Waals surface area contributed by atoms with Crippen LogP contribution in [0.25, 0.3) is 0 Å². The Kier molecular flexibility index (Phi) is 4.72. The number of carbonyl (C=O) groups is 1. The van der Waals surface area contributed by atoms with Crippen LogP contribution in [-0.4, -0.2) is 19.1 Å². The zero-order valence-electron chi connectivity index (χ0n) is 6.90. The van der Waals surface area contributed by atoms with Gasteiger partial charge in [0, 0.05) is 13.1 Å². The molecule has 0 aromatic carbocycles. The maximum atomic E-state index is 10.4. The van der Waals surface area contributed by atoms with Crippen molar-refractivity contribution in [1.82, 2.24) is 10.6 Å². The summed E-state index contributed by atoms with van der Waals surface area (Å²) >= 11 is 0. The van der Waals surface area contributed by atoms with Crippen molar-refractivity contribution in [2.45, 2.75) is 20.8 Å². The van der Waals surface area contributed by atoms with Gasteiger partial charge in [-0.3, -0.25) is 0 Å². The van der Waals surface area contributed by atoms with Gasteiger partial charge in [-0.15, -0.1) is 0 Å². The van der Waals surface area contributed by atoms with E-state index in [-0.39, 0.29) is 6.03 Å². The molecule has 2 N–H and O–H groups in total. The minimum atomic E-state index is -0.0388. The highest BCUT2D eigenvalue weighted by molar-refractivity contribution is 5.74. The van der Waals surface area contributed by atoms with E-state index in [1.807, 2.05) is 13.8 Å². The second-order valence-corrected chi connectivity index (χ2v) is 2.20. The highest BCUT2D eigenvalue weighted by atomic mass is 16.2. The first-order valence-corrected chi connectivity index (χ1v) is 3.81. The van der Waals surface area contributed by atoms with Gasteiger partial charge >= 0.3 is 6.03 Å². The lowest BCUT2D eigenvalue weighted by atomic mass is 10.1. The molecule has 0 radical (unpaired) electrons. The first kappa shape index (κ1) is 9.27. The zero-order chi connectivity index (χ0) is 7.98. The molecule has 1 rings (SSSR count). The number of carbonyl (C=O) groups excluding carboxylic acids is 1. The Morgan fingerprint density at radius 2 is 1.70 bits per heavy atom. The van der Waals surface area contributed by atoms with Crippen LogP contribution >= 0.6 is 0 Å². The second kappa shape index (κ2) is 5.09. The zero-order valence-corrected chi connectivity index (χ0v) is 6.90. The van der Waals surface area contributed by atoms with Gasteiger partial charge < -0.3 is 10.6 Å². The monoisotopic (exact) mass is 144 g/mol. The molecule has 0 aromatic rings. The molecule has 0 bridgehead atoms. The van der Waals surface area contributed by atoms with Gasteiger partial charge in [0.2, 0.25) is 0 Å². The van der Waals surface area contributed by atoms with E-state index in [0.717, 1.165) is 13.1 Å². The molecule has 0 aliphatic carbocycles. The Bertz CT molecular complexity index is 93.8. The van der Waals surface area contributed by atoms with Crippen molar-refractivity contribution in [1.29, 1.82) is 0 Å². The highest BCUT2D eigenvalue weighted by Gasteiger charge is 2.10. The Hall–Kier alpha value is -0.730. The van der Waals surface area contributed by atoms with Crippen molar-refractivity contribution in [3.8, 4) is 0 Å². The lowest BCUT2D eigenvalue weighted by Gasteiger charge is -2.19. The van der Waals surface area contributed by atoms with Crippen molar-refractivity contribution in [2.24, 2.45) is 5.92 Å². The van der Waals surface area contributed by atoms with Gasteiger partial charge in [-0.2, -0.15) is 0 Å². The van der Waals surface area contributed by atoms with E-state index in [9.17, 15) is 4.79 Å². The third kappa shape index (κ3) is 3.33. The topological polar surface area (TPSA) is 41.1 Å². The average molecular weight is 144 g/mol. The number of urea groups is 1. The van der Waals surface area contributed by atoms with Crippen LogP contribution in [0.2, 0.25) is 0 Å². The Labute approximate surface area is 62.2 Å². The van der Waals surface area contributed by atoms with E-state index in [1.54, 1.807) is 0 Å². The van der Waals surface area contributed by atoms with Crippen molar-refractivity contribution < 1.29 is 4.79 Å². The first-order valence-electron chi connectivity index (χ1n) is 3.81. The molecule has 1 heterocycles. The molecule has 1 aliphatic heterocycles. The van der Waals surface area contributed by atoms with Crippen LogP contribution in [0.4, 0.5) is 4.79 Å². The molecule has 1 aliphatic rings. The fourth-order valence-electron chi connectivity index (χ4n) is 0.669. The average Bonchev–Trinajstić information content (AvgIpc) is 2.00. The molecule has 3 heteroatoms. The normalized spacial score (nSPS) is 18.1. The first-order chi connectivity index (χ1) is 4.79. The summed E-state index contributed by atoms with van der Waals surface area (Å²) in [6, 6.07) is -0.0388. The fourth-order valence-corrected chi connectivity index (χ4v) is 0.669. The predicted molar refractivity (Wildman–Crippen MR) is 41.9 cm³/mol. The van der Waals surface area contributed by atoms with Gasteiger partial charge in [0.05, 0.1) is 0 Å². The van der Waals surface area contributed by atoms with Crippen molar-refractivity contribution in [3.05, 3.63) is 0 Å². The third-order valence-corrected chi connectivity index (χ3v) is 1.22. The quantitative estimate of drug-likeness (QED) is 0.522. The number of hydrogen-bond donors (Lipinski definition) is 2. The molecule has 0 saturated carbocycles. The molecule has 0 atom stereocenters. The Balaban J connectivity index is 0.000000371. The lowest BCUT2D eigenvalue weighted by molar-refractivity contribution is 0.230. The summed E-state index contributed by atoms with van der Waals surface area (Å²) in [5.74, 6) is 0.577. The maximum Gasteiger partial charge on any atom is 0.314 e. The molecule has 0 aromatic heterocycles. The second-order valence-electron chi connectivity index (χ2n) is 2.20. The number of amides is 2. The summed E-state index contributed by atoms with van der Waals surface area (Å²) in [7, 11) is 0. The van der Waals surface area contributed by atoms with Crippen LogP contribution < -0.4 is 10.6 Å². The maximum absolute atomic E-state index is 10.4. The lowest BCUT2D eigenvalue weighted by Crippen LogP contribution is -2.47. The van der Waals surface area contributed by atoms with Crippen LogP contribution in [0.5, 0.6) is 0 Å². The smallest absolute Gasteiger partial charge is 0.314 e. The Morgan fingerprint density at radius 3 is 2.00 bits per heavy atom. The van der Waals surface area contributed by atoms with Gasteiger partial charge in [-0.25, -0.2) is 4.79 Å². The minimum absolute atomic E-state index is 0.0388. The van der Waals surface area contributed by atoms with Crippen LogP contribution in [0, 0.1) is 5.92 Å². The minimum Gasteiger partial charge on any atom is -0.338 e. The van der Waals surface area contributed by atoms with Gasteiger partial charge in [0.15, 0.2) is 0 Å². The molecule has 3 nitrogen and oxygen atoms in total. The third-order valence-electron chi connectivity index (χ3n) is 1.22. The van der Waals surface area contributed by atoms with E-state index >= 15 is 0 Å². The largest absolute Gasteiger partial charge is 0.338 e. The van der Waals surface area contributed by atoms with Crippen molar-refractivity contribution in [3.63, 3.8) is 0 Å². The number of hydrogen-bond acceptors (Lipinski definition) is 1. The van der Waals surface area contributed by atoms with Gasteiger partial charge in [-0.1, -0.05) is 20.8 Å². The van der Waals surface area contributed by atoms with E-state index < -0.39 is 0 Å². The fraction of sp³-hybridized carbons (Fsp3) is 0.857. The molecular formula is C7H16N2O. The molecule has 60 valence electrons. The number of rotatable bonds is 0. The van der Waals surface area contributed by atoms with E-state index in [1.165, 1.54) is 0 Å².